The first kappa shape index (κ1) is 50.3. The molecule has 0 rings (SSSR count). The summed E-state index contributed by atoms with van der Waals surface area (Å²) in [6.45, 7) is 0. The number of hydrogen-bond donors (Lipinski definition) is 0. The van der Waals surface area contributed by atoms with E-state index < -0.39 is 0 Å². The zero-order valence-corrected chi connectivity index (χ0v) is 9.94. The third kappa shape index (κ3) is 24.4. The first-order valence-electron chi connectivity index (χ1n) is 0. The summed E-state index contributed by atoms with van der Waals surface area (Å²) in [4.78, 5) is 0. The van der Waals surface area contributed by atoms with Crippen LogP contribution in [0.15, 0.2) is 0 Å². The van der Waals surface area contributed by atoms with Gasteiger partial charge in [-0.3, -0.25) is 0 Å². The van der Waals surface area contributed by atoms with E-state index in [4.69, 9.17) is 0 Å². The van der Waals surface area contributed by atoms with Crippen LogP contribution in [-0.2, 0) is 84.5 Å². The summed E-state index contributed by atoms with van der Waals surface area (Å²) < 4.78 is 0. The minimum Gasteiger partial charge on any atom is 0 e. The maximum atomic E-state index is 0. The van der Waals surface area contributed by atoms with Gasteiger partial charge in [-0.1, -0.05) is 0 Å². The maximum Gasteiger partial charge on any atom is 0.316 e. The molecule has 0 aliphatic carbocycles. The zero-order chi connectivity index (χ0) is 0. The molecule has 0 bridgehead atoms. The summed E-state index contributed by atoms with van der Waals surface area (Å²) in [7, 11) is 0. The molecule has 0 aromatic heterocycles. The predicted octanol–water partition coefficient (Wildman–Crippen LogP) is -2.11. The third-order valence-electron chi connectivity index (χ3n) is 0. The van der Waals surface area contributed by atoms with Crippen molar-refractivity contribution in [2.45, 2.75) is 0 Å². The van der Waals surface area contributed by atoms with Crippen molar-refractivity contribution in [3.8, 4) is 0 Å². The Labute approximate surface area is 122 Å². The Morgan fingerprint density at radius 1 is 1.00 bits per heavy atom. The molecular weight excluding hydrogens is 319 g/mol. The van der Waals surface area contributed by atoms with Gasteiger partial charge in [-0.2, -0.15) is 0 Å². The maximum absolute atomic E-state index is 0. The summed E-state index contributed by atoms with van der Waals surface area (Å²) in [6.07, 6.45) is 0. The van der Waals surface area contributed by atoms with Crippen LogP contribution in [0.1, 0.15) is 0 Å². The van der Waals surface area contributed by atoms with Crippen LogP contribution in [0.25, 0.3) is 0 Å². The Kier molecular flexibility index (Phi) is 300. The molecule has 0 amide bonds. The second-order valence-electron chi connectivity index (χ2n) is 0. The molecule has 6 heteroatoms. The van der Waals surface area contributed by atoms with E-state index in [0.29, 0.717) is 0 Å². The van der Waals surface area contributed by atoms with Crippen LogP contribution in [0.2, 0.25) is 0 Å². The molecule has 0 saturated heterocycles. The molecule has 0 unspecified atom stereocenters. The van der Waals surface area contributed by atoms with E-state index in [1.165, 1.54) is 0 Å². The molecule has 0 saturated carbocycles. The molecule has 0 nitrogen and oxygen atoms in total. The van der Waals surface area contributed by atoms with Crippen LogP contribution in [0.4, 0.5) is 0 Å². The normalized spacial score (nSPS) is 0. The summed E-state index contributed by atoms with van der Waals surface area (Å²) in [5.41, 5.74) is 0. The molecule has 0 N–H and O–H groups in total. The van der Waals surface area contributed by atoms with Crippen molar-refractivity contribution in [3.63, 3.8) is 0 Å². The first-order chi connectivity index (χ1) is 0. The van der Waals surface area contributed by atoms with Crippen molar-refractivity contribution in [3.05, 3.63) is 0 Å². The average Bonchev–Trinajstić information content (AvgIpc) is 0. The Morgan fingerprint density at radius 3 is 1.00 bits per heavy atom. The fourth-order valence-corrected chi connectivity index (χ4v) is 0. The summed E-state index contributed by atoms with van der Waals surface area (Å²) in [5, 5.41) is 0. The van der Waals surface area contributed by atoms with Crippen LogP contribution in [0.3, 0.4) is 0 Å². The SMILES string of the molecule is [AlH3].[Cu].[MgH2].[Ti].[Zn].[Zr]. The van der Waals surface area contributed by atoms with Crippen molar-refractivity contribution in [2.75, 3.05) is 0 Å². The smallest absolute Gasteiger partial charge is 0 e. The Bertz CT molecular complexity index is 15.5. The molecule has 0 atom stereocenters. The van der Waals surface area contributed by atoms with Gasteiger partial charge in [0, 0.05) is 84.5 Å². The molecule has 0 fully saturated rings. The van der Waals surface area contributed by atoms with E-state index >= 15 is 0 Å². The standard InChI is InChI=1S/Al.Cu.Mg.Ti.Zn.Zr.5H. The molecule has 6 heavy (non-hydrogen) atoms. The molecule has 31 valence electrons. The molecule has 0 aliphatic heterocycles. The van der Waals surface area contributed by atoms with Crippen molar-refractivity contribution in [1.82, 2.24) is 0 Å². The predicted molar refractivity (Wildman–Crippen MR) is 18.5 cm³/mol. The minimum atomic E-state index is 0. The Hall–Kier alpha value is 4.04. The van der Waals surface area contributed by atoms with Gasteiger partial charge in [0.25, 0.3) is 0 Å². The topological polar surface area (TPSA) is 0 Å². The molecular formula is H5AlCuMgTiZnZr. The molecule has 1 radical (unpaired) electrons. The van der Waals surface area contributed by atoms with E-state index in [-0.39, 0.29) is 125 Å². The molecule has 0 aliphatic rings. The van der Waals surface area contributed by atoms with E-state index in [0.717, 1.165) is 0 Å². The van der Waals surface area contributed by atoms with Crippen LogP contribution >= 0.6 is 0 Å². The molecule has 0 heterocycles. The second kappa shape index (κ2) is 35.8. The third-order valence-corrected chi connectivity index (χ3v) is 0. The van der Waals surface area contributed by atoms with Gasteiger partial charge in [-0.25, -0.2) is 0 Å². The largest absolute Gasteiger partial charge is 0.316 e. The van der Waals surface area contributed by atoms with Gasteiger partial charge in [0.1, 0.15) is 0 Å². The Morgan fingerprint density at radius 2 is 1.00 bits per heavy atom. The quantitative estimate of drug-likeness (QED) is 0.448. The van der Waals surface area contributed by atoms with Gasteiger partial charge < -0.3 is 0 Å². The van der Waals surface area contributed by atoms with Crippen molar-refractivity contribution >= 4 is 40.4 Å². The molecule has 0 spiro atoms. The van der Waals surface area contributed by atoms with Gasteiger partial charge in [-0.15, -0.1) is 0 Å². The van der Waals surface area contributed by atoms with Crippen LogP contribution in [-0.4, -0.2) is 40.4 Å². The van der Waals surface area contributed by atoms with Crippen molar-refractivity contribution < 1.29 is 84.5 Å². The number of hydrogen-bond acceptors (Lipinski definition) is 0. The van der Waals surface area contributed by atoms with Gasteiger partial charge in [-0.05, 0) is 0 Å². The fourth-order valence-electron chi connectivity index (χ4n) is 0. The minimum absolute atomic E-state index is 0. The second-order valence-corrected chi connectivity index (χ2v) is 0. The van der Waals surface area contributed by atoms with Gasteiger partial charge in [0.2, 0.25) is 0 Å². The Balaban J connectivity index is 0. The van der Waals surface area contributed by atoms with Gasteiger partial charge >= 0.3 is 23.1 Å². The van der Waals surface area contributed by atoms with Crippen LogP contribution in [0.5, 0.6) is 0 Å². The summed E-state index contributed by atoms with van der Waals surface area (Å²) in [6, 6.07) is 0. The van der Waals surface area contributed by atoms with Crippen LogP contribution in [0, 0.1) is 0 Å². The van der Waals surface area contributed by atoms with Gasteiger partial charge in [0.05, 0.1) is 0 Å². The van der Waals surface area contributed by atoms with Gasteiger partial charge in [0.15, 0.2) is 17.4 Å². The molecule has 0 aromatic carbocycles. The van der Waals surface area contributed by atoms with Crippen LogP contribution < -0.4 is 0 Å². The molecule has 0 aromatic rings. The van der Waals surface area contributed by atoms with E-state index in [2.05, 4.69) is 0 Å². The number of rotatable bonds is 0. The summed E-state index contributed by atoms with van der Waals surface area (Å²) in [5.74, 6) is 0. The zero-order valence-electron chi connectivity index (χ0n) is 2.01. The monoisotopic (exact) mass is 321 g/mol. The van der Waals surface area contributed by atoms with Crippen molar-refractivity contribution in [1.29, 1.82) is 0 Å². The first-order valence-corrected chi connectivity index (χ1v) is 0. The summed E-state index contributed by atoms with van der Waals surface area (Å²) >= 11 is 0. The average molecular weight is 324 g/mol. The van der Waals surface area contributed by atoms with E-state index in [1.807, 2.05) is 0 Å². The van der Waals surface area contributed by atoms with Crippen molar-refractivity contribution in [2.24, 2.45) is 0 Å². The van der Waals surface area contributed by atoms with E-state index in [1.54, 1.807) is 0 Å². The fraction of sp³-hybridized carbons (Fsp3) is 0. The van der Waals surface area contributed by atoms with E-state index in [9.17, 15) is 0 Å².